The first-order chi connectivity index (χ1) is 12.0. The maximum Gasteiger partial charge on any atom is 0.268 e. The van der Waals surface area contributed by atoms with Crippen LogP contribution in [0.15, 0.2) is 54.6 Å². The smallest absolute Gasteiger partial charge is 0.268 e. The maximum atomic E-state index is 12.1. The van der Waals surface area contributed by atoms with E-state index in [1.807, 2.05) is 51.1 Å². The van der Waals surface area contributed by atoms with Crippen molar-refractivity contribution < 1.29 is 9.59 Å². The van der Waals surface area contributed by atoms with Crippen LogP contribution < -0.4 is 5.84 Å². The van der Waals surface area contributed by atoms with E-state index in [2.05, 4.69) is 13.8 Å². The molecule has 2 rings (SSSR count). The molecular weight excluding hydrogens is 419 g/mol. The van der Waals surface area contributed by atoms with E-state index in [1.165, 1.54) is 10.6 Å². The van der Waals surface area contributed by atoms with Gasteiger partial charge in [-0.2, -0.15) is 0 Å². The van der Waals surface area contributed by atoms with Crippen LogP contribution in [0.3, 0.4) is 0 Å². The molecule has 28 heavy (non-hydrogen) atoms. The summed E-state index contributed by atoms with van der Waals surface area (Å²) >= 11 is 5.16. The van der Waals surface area contributed by atoms with E-state index >= 15 is 0 Å². The maximum absolute atomic E-state index is 12.1. The van der Waals surface area contributed by atoms with E-state index < -0.39 is 5.24 Å². The Bertz CT molecular complexity index is 728. The van der Waals surface area contributed by atoms with Crippen molar-refractivity contribution >= 4 is 47.6 Å². The quantitative estimate of drug-likeness (QED) is 0.278. The summed E-state index contributed by atoms with van der Waals surface area (Å²) in [6, 6.07) is 16.4. The number of hydrazine groups is 1. The molecule has 1 amide bonds. The number of hydrogen-bond acceptors (Lipinski definition) is 3. The van der Waals surface area contributed by atoms with Gasteiger partial charge >= 0.3 is 0 Å². The zero-order valence-corrected chi connectivity index (χ0v) is 19.2. The number of carbonyl (C=O) groups is 2. The summed E-state index contributed by atoms with van der Waals surface area (Å²) < 4.78 is 0. The van der Waals surface area contributed by atoms with Gasteiger partial charge in [0.2, 0.25) is 0 Å². The predicted octanol–water partition coefficient (Wildman–Crippen LogP) is 5.83. The van der Waals surface area contributed by atoms with E-state index in [1.54, 1.807) is 24.3 Å². The monoisotopic (exact) mass is 446 g/mol. The Balaban J connectivity index is 0. The van der Waals surface area contributed by atoms with Crippen LogP contribution in [0.25, 0.3) is 0 Å². The Labute approximate surface area is 185 Å². The van der Waals surface area contributed by atoms with Crippen LogP contribution in [0.4, 0.5) is 0 Å². The second-order valence-corrected chi connectivity index (χ2v) is 7.61. The summed E-state index contributed by atoms with van der Waals surface area (Å²) in [5, 5.41) is 0.868. The van der Waals surface area contributed by atoms with E-state index in [-0.39, 0.29) is 36.3 Å². The molecule has 0 radical (unpaired) electrons. The van der Waals surface area contributed by atoms with Crippen LogP contribution in [-0.2, 0) is 0 Å². The summed E-state index contributed by atoms with van der Waals surface area (Å²) in [5.74, 6) is 6.13. The number of halogens is 3. The number of nitrogens with two attached hydrogens (primary N) is 1. The van der Waals surface area contributed by atoms with Crippen molar-refractivity contribution in [1.82, 2.24) is 5.01 Å². The first-order valence-corrected chi connectivity index (χ1v) is 8.86. The minimum atomic E-state index is -0.407. The van der Waals surface area contributed by atoms with Crippen LogP contribution in [0.1, 0.15) is 66.8 Å². The number of rotatable bonds is 3. The van der Waals surface area contributed by atoms with E-state index in [0.29, 0.717) is 17.0 Å². The number of nitrogens with zero attached hydrogens (tertiary/aromatic N) is 1. The third-order valence-corrected chi connectivity index (χ3v) is 3.98. The van der Waals surface area contributed by atoms with Gasteiger partial charge in [0.1, 0.15) is 0 Å². The van der Waals surface area contributed by atoms with Crippen molar-refractivity contribution in [2.24, 2.45) is 5.84 Å². The lowest BCUT2D eigenvalue weighted by Crippen LogP contribution is -2.50. The SMILES string of the molecule is CC(C)c1ccc(C(=O)N(N)C(C)(C)C)cc1.Cl.Cl.O=C(Cl)c1ccccc1. The second kappa shape index (κ2) is 12.8. The lowest BCUT2D eigenvalue weighted by Gasteiger charge is -2.31. The van der Waals surface area contributed by atoms with Gasteiger partial charge in [-0.1, -0.05) is 56.3 Å². The third-order valence-electron chi connectivity index (χ3n) is 3.77. The molecule has 0 unspecified atom stereocenters. The van der Waals surface area contributed by atoms with Gasteiger partial charge in [-0.15, -0.1) is 24.8 Å². The van der Waals surface area contributed by atoms with Crippen LogP contribution >= 0.6 is 36.4 Å². The fourth-order valence-electron chi connectivity index (χ4n) is 2.02. The predicted molar refractivity (Wildman–Crippen MR) is 122 cm³/mol. The molecule has 0 saturated carbocycles. The average molecular weight is 448 g/mol. The van der Waals surface area contributed by atoms with Gasteiger partial charge in [-0.25, -0.2) is 5.84 Å². The summed E-state index contributed by atoms with van der Waals surface area (Å²) in [7, 11) is 0. The Morgan fingerprint density at radius 3 is 1.68 bits per heavy atom. The van der Waals surface area contributed by atoms with Gasteiger partial charge in [-0.05, 0) is 56.0 Å². The largest absolute Gasteiger partial charge is 0.276 e. The molecule has 0 heterocycles. The Kier molecular flexibility index (Phi) is 13.1. The molecule has 0 bridgehead atoms. The van der Waals surface area contributed by atoms with Crippen molar-refractivity contribution in [3.63, 3.8) is 0 Å². The van der Waals surface area contributed by atoms with Crippen molar-refractivity contribution in [1.29, 1.82) is 0 Å². The molecule has 2 N–H and O–H groups in total. The lowest BCUT2D eigenvalue weighted by atomic mass is 10.0. The van der Waals surface area contributed by atoms with Crippen LogP contribution in [-0.4, -0.2) is 21.7 Å². The number of hydrogen-bond donors (Lipinski definition) is 1. The van der Waals surface area contributed by atoms with Crippen molar-refractivity contribution in [3.05, 3.63) is 71.3 Å². The highest BCUT2D eigenvalue weighted by Crippen LogP contribution is 2.17. The first kappa shape index (κ1) is 28.6. The van der Waals surface area contributed by atoms with Gasteiger partial charge < -0.3 is 0 Å². The molecular formula is C21H29Cl3N2O2. The summed E-state index contributed by atoms with van der Waals surface area (Å²) in [5.41, 5.74) is 2.03. The van der Waals surface area contributed by atoms with Gasteiger partial charge in [0.15, 0.2) is 0 Å². The standard InChI is InChI=1S/C14H22N2O.C7H5ClO.2ClH/c1-10(2)11-6-8-12(9-7-11)13(17)16(15)14(3,4)5;8-7(9)6-4-2-1-3-5-6;;/h6-10H,15H2,1-5H3;1-5H;2*1H. The van der Waals surface area contributed by atoms with Gasteiger partial charge in [0, 0.05) is 11.1 Å². The molecule has 0 aliphatic heterocycles. The van der Waals surface area contributed by atoms with Crippen LogP contribution in [0.2, 0.25) is 0 Å². The number of carbonyl (C=O) groups excluding carboxylic acids is 2. The van der Waals surface area contributed by atoms with E-state index in [9.17, 15) is 9.59 Å². The summed E-state index contributed by atoms with van der Waals surface area (Å²) in [6.45, 7) is 9.98. The number of amides is 1. The Morgan fingerprint density at radius 2 is 1.36 bits per heavy atom. The molecule has 0 aliphatic carbocycles. The Morgan fingerprint density at radius 1 is 0.893 bits per heavy atom. The van der Waals surface area contributed by atoms with Gasteiger partial charge in [-0.3, -0.25) is 14.6 Å². The van der Waals surface area contributed by atoms with E-state index in [0.717, 1.165) is 0 Å². The zero-order chi connectivity index (χ0) is 19.9. The highest BCUT2D eigenvalue weighted by molar-refractivity contribution is 6.67. The van der Waals surface area contributed by atoms with Gasteiger partial charge in [0.05, 0.1) is 5.54 Å². The molecule has 7 heteroatoms. The highest BCUT2D eigenvalue weighted by atomic mass is 35.5. The normalized spacial score (nSPS) is 10.0. The topological polar surface area (TPSA) is 63.4 Å². The molecule has 0 spiro atoms. The molecule has 2 aromatic carbocycles. The summed E-state index contributed by atoms with van der Waals surface area (Å²) in [6.07, 6.45) is 0. The lowest BCUT2D eigenvalue weighted by molar-refractivity contribution is 0.0581. The number of benzene rings is 2. The molecule has 0 aliphatic rings. The van der Waals surface area contributed by atoms with E-state index in [4.69, 9.17) is 17.4 Å². The van der Waals surface area contributed by atoms with Crippen molar-refractivity contribution in [3.8, 4) is 0 Å². The summed E-state index contributed by atoms with van der Waals surface area (Å²) in [4.78, 5) is 22.5. The van der Waals surface area contributed by atoms with Crippen molar-refractivity contribution in [2.75, 3.05) is 0 Å². The average Bonchev–Trinajstić information content (AvgIpc) is 2.61. The Hall–Kier alpha value is -1.59. The minimum absolute atomic E-state index is 0. The molecule has 0 aromatic heterocycles. The molecule has 0 saturated heterocycles. The fourth-order valence-corrected chi connectivity index (χ4v) is 2.15. The van der Waals surface area contributed by atoms with Crippen LogP contribution in [0.5, 0.6) is 0 Å². The first-order valence-electron chi connectivity index (χ1n) is 8.48. The van der Waals surface area contributed by atoms with Crippen LogP contribution in [0, 0.1) is 0 Å². The second-order valence-electron chi connectivity index (χ2n) is 7.26. The zero-order valence-electron chi connectivity index (χ0n) is 16.8. The van der Waals surface area contributed by atoms with Gasteiger partial charge in [0.25, 0.3) is 11.1 Å². The molecule has 156 valence electrons. The fraction of sp³-hybridized carbons (Fsp3) is 0.333. The molecule has 0 fully saturated rings. The third kappa shape index (κ3) is 9.07. The van der Waals surface area contributed by atoms with Crippen molar-refractivity contribution in [2.45, 2.75) is 46.1 Å². The molecule has 4 nitrogen and oxygen atoms in total. The highest BCUT2D eigenvalue weighted by Gasteiger charge is 2.24. The molecule has 0 atom stereocenters. The minimum Gasteiger partial charge on any atom is -0.276 e. The molecule has 2 aromatic rings.